The van der Waals surface area contributed by atoms with Crippen LogP contribution in [0.4, 0.5) is 11.4 Å². The minimum absolute atomic E-state index is 0.0730. The highest BCUT2D eigenvalue weighted by molar-refractivity contribution is 6.36. The van der Waals surface area contributed by atoms with E-state index in [1.165, 1.54) is 84.7 Å². The molecule has 4 aliphatic heterocycles. The van der Waals surface area contributed by atoms with Crippen LogP contribution in [0.3, 0.4) is 0 Å². The maximum Gasteiger partial charge on any atom is 0.266 e. The van der Waals surface area contributed by atoms with Gasteiger partial charge in [0.2, 0.25) is 0 Å². The monoisotopic (exact) mass is 942 g/mol. The molecule has 14 heteroatoms. The maximum atomic E-state index is 14.1. The molecule has 350 valence electrons. The Morgan fingerprint density at radius 2 is 0.831 bits per heavy atom. The van der Waals surface area contributed by atoms with Gasteiger partial charge < -0.3 is 0 Å². The average Bonchev–Trinajstić information content (AvgIpc) is 3.97. The number of rotatable bonds is 9. The number of ketones is 2. The van der Waals surface area contributed by atoms with Crippen LogP contribution in [-0.4, -0.2) is 81.2 Å². The molecule has 0 spiro atoms. The molecule has 0 aromatic heterocycles. The van der Waals surface area contributed by atoms with Crippen LogP contribution in [0.1, 0.15) is 164 Å². The summed E-state index contributed by atoms with van der Waals surface area (Å²) in [6, 6.07) is 29.8. The quantitative estimate of drug-likeness (QED) is 0.101. The van der Waals surface area contributed by atoms with Crippen molar-refractivity contribution in [3.8, 4) is 0 Å². The van der Waals surface area contributed by atoms with Crippen molar-refractivity contribution in [2.24, 2.45) is 5.92 Å². The molecule has 0 saturated heterocycles. The standard InChI is InChI=1S/C57H42N4O10/c1-29-5-12-38(23-30(29)2)60-52(67)41-17-10-35(27-45(41)54(60)69)48(63)36-11-18-42-46(28-36)56(71)61(55(42)70)57(3)21-19-32(20-22-57)24-31-6-13-37(14-7-31)59-51(66)40-16-9-34(26-44(40)53(59)68)47(62)33-8-15-39-43(25-33)50(65)58(4)49(39)64/h5-18,23,25-28,32H,19-22,24H2,1-4H3. The normalized spacial score (nSPS) is 19.2. The van der Waals surface area contributed by atoms with Gasteiger partial charge in [-0.1, -0.05) is 42.5 Å². The third kappa shape index (κ3) is 6.91. The largest absolute Gasteiger partial charge is 0.289 e. The summed E-state index contributed by atoms with van der Waals surface area (Å²) >= 11 is 0. The molecule has 0 bridgehead atoms. The Morgan fingerprint density at radius 3 is 1.32 bits per heavy atom. The van der Waals surface area contributed by atoms with Crippen LogP contribution in [0.2, 0.25) is 0 Å². The fourth-order valence-electron chi connectivity index (χ4n) is 10.6. The third-order valence-corrected chi connectivity index (χ3v) is 15.0. The van der Waals surface area contributed by atoms with Crippen LogP contribution in [0.5, 0.6) is 0 Å². The second-order valence-electron chi connectivity index (χ2n) is 19.3. The van der Waals surface area contributed by atoms with Gasteiger partial charge in [0.05, 0.1) is 55.9 Å². The number of hydrogen-bond acceptors (Lipinski definition) is 10. The molecule has 8 amide bonds. The number of anilines is 2. The summed E-state index contributed by atoms with van der Waals surface area (Å²) in [4.78, 5) is 139. The van der Waals surface area contributed by atoms with E-state index in [4.69, 9.17) is 0 Å². The molecule has 0 radical (unpaired) electrons. The zero-order valence-electron chi connectivity index (χ0n) is 39.0. The van der Waals surface area contributed by atoms with Crippen LogP contribution in [-0.2, 0) is 6.42 Å². The fourth-order valence-corrected chi connectivity index (χ4v) is 10.6. The predicted molar refractivity (Wildman–Crippen MR) is 258 cm³/mol. The first-order chi connectivity index (χ1) is 33.9. The van der Waals surface area contributed by atoms with Gasteiger partial charge in [0.25, 0.3) is 47.3 Å². The van der Waals surface area contributed by atoms with E-state index in [1.807, 2.05) is 39.0 Å². The van der Waals surface area contributed by atoms with Gasteiger partial charge in [-0.05, 0) is 148 Å². The summed E-state index contributed by atoms with van der Waals surface area (Å²) in [6.45, 7) is 5.74. The first kappa shape index (κ1) is 44.7. The average molecular weight is 943 g/mol. The number of aryl methyl sites for hydroxylation is 2. The van der Waals surface area contributed by atoms with Crippen LogP contribution >= 0.6 is 0 Å². The van der Waals surface area contributed by atoms with E-state index in [2.05, 4.69) is 0 Å². The van der Waals surface area contributed by atoms with Gasteiger partial charge in [0.15, 0.2) is 11.6 Å². The lowest BCUT2D eigenvalue weighted by Gasteiger charge is -2.43. The molecule has 6 aromatic carbocycles. The van der Waals surface area contributed by atoms with Gasteiger partial charge in [-0.3, -0.25) is 57.7 Å². The second kappa shape index (κ2) is 16.2. The summed E-state index contributed by atoms with van der Waals surface area (Å²) in [6.07, 6.45) is 3.21. The summed E-state index contributed by atoms with van der Waals surface area (Å²) in [5, 5.41) is 0. The zero-order valence-corrected chi connectivity index (χ0v) is 39.0. The molecule has 14 nitrogen and oxygen atoms in total. The Bertz CT molecular complexity index is 3530. The van der Waals surface area contributed by atoms with Crippen molar-refractivity contribution in [1.82, 2.24) is 9.80 Å². The van der Waals surface area contributed by atoms with Gasteiger partial charge in [-0.15, -0.1) is 0 Å². The first-order valence-corrected chi connectivity index (χ1v) is 23.2. The number of hydrogen-bond donors (Lipinski definition) is 0. The van der Waals surface area contributed by atoms with E-state index in [9.17, 15) is 47.9 Å². The van der Waals surface area contributed by atoms with E-state index < -0.39 is 64.4 Å². The molecule has 71 heavy (non-hydrogen) atoms. The fraction of sp³-hybridized carbons (Fsp3) is 0.193. The number of imide groups is 4. The molecule has 6 aromatic rings. The second-order valence-corrected chi connectivity index (χ2v) is 19.3. The maximum absolute atomic E-state index is 14.1. The Balaban J connectivity index is 0.726. The molecular weight excluding hydrogens is 901 g/mol. The number of amides is 8. The molecule has 0 unspecified atom stereocenters. The molecule has 4 heterocycles. The number of nitrogens with zero attached hydrogens (tertiary/aromatic N) is 4. The first-order valence-electron chi connectivity index (χ1n) is 23.2. The molecule has 1 fully saturated rings. The van der Waals surface area contributed by atoms with Crippen molar-refractivity contribution < 1.29 is 47.9 Å². The molecular formula is C57H42N4O10. The van der Waals surface area contributed by atoms with Gasteiger partial charge in [0, 0.05) is 34.8 Å². The molecule has 1 aliphatic carbocycles. The lowest BCUT2D eigenvalue weighted by Crippen LogP contribution is -2.51. The molecule has 0 N–H and O–H groups in total. The van der Waals surface area contributed by atoms with Crippen molar-refractivity contribution in [2.45, 2.75) is 58.4 Å². The van der Waals surface area contributed by atoms with Crippen LogP contribution in [0.15, 0.2) is 115 Å². The highest BCUT2D eigenvalue weighted by atomic mass is 16.2. The van der Waals surface area contributed by atoms with E-state index in [1.54, 1.807) is 24.3 Å². The summed E-state index contributed by atoms with van der Waals surface area (Å²) in [7, 11) is 1.37. The third-order valence-electron chi connectivity index (χ3n) is 15.0. The highest BCUT2D eigenvalue weighted by Crippen LogP contribution is 2.42. The molecule has 0 atom stereocenters. The topological polar surface area (TPSA) is 184 Å². The Morgan fingerprint density at radius 1 is 0.451 bits per heavy atom. The van der Waals surface area contributed by atoms with E-state index in [-0.39, 0.29) is 72.7 Å². The SMILES string of the molecule is Cc1ccc(N2C(=O)c3ccc(C(=O)c4ccc5c(c4)C(=O)N(C4(C)CCC(Cc6ccc(N7C(=O)c8ccc(C(=O)c9ccc%10c(c9)C(=O)N(C)C%10=O)cc8C7=O)cc6)CC4)C5=O)cc3C2=O)cc1C. The zero-order chi connectivity index (χ0) is 49.9. The Kier molecular flexibility index (Phi) is 10.2. The van der Waals surface area contributed by atoms with E-state index in [0.717, 1.165) is 31.4 Å². The number of fused-ring (bicyclic) bond motifs is 4. The number of benzene rings is 6. The van der Waals surface area contributed by atoms with Crippen LogP contribution < -0.4 is 9.80 Å². The van der Waals surface area contributed by atoms with Crippen molar-refractivity contribution in [1.29, 1.82) is 0 Å². The van der Waals surface area contributed by atoms with Crippen molar-refractivity contribution >= 4 is 70.2 Å². The summed E-state index contributed by atoms with van der Waals surface area (Å²) in [5.74, 6) is -4.71. The lowest BCUT2D eigenvalue weighted by atomic mass is 9.74. The van der Waals surface area contributed by atoms with Gasteiger partial charge in [-0.2, -0.15) is 0 Å². The van der Waals surface area contributed by atoms with Crippen molar-refractivity contribution in [3.05, 3.63) is 199 Å². The van der Waals surface area contributed by atoms with Gasteiger partial charge >= 0.3 is 0 Å². The van der Waals surface area contributed by atoms with E-state index >= 15 is 0 Å². The van der Waals surface area contributed by atoms with Crippen LogP contribution in [0.25, 0.3) is 0 Å². The van der Waals surface area contributed by atoms with Crippen molar-refractivity contribution in [3.63, 3.8) is 0 Å². The highest BCUT2D eigenvalue weighted by Gasteiger charge is 2.48. The minimum Gasteiger partial charge on any atom is -0.289 e. The van der Waals surface area contributed by atoms with E-state index in [0.29, 0.717) is 43.5 Å². The van der Waals surface area contributed by atoms with Crippen LogP contribution in [0, 0.1) is 19.8 Å². The molecule has 1 saturated carbocycles. The van der Waals surface area contributed by atoms with Gasteiger partial charge in [-0.25, -0.2) is 9.80 Å². The number of carbonyl (C=O) groups excluding carboxylic acids is 10. The molecule has 5 aliphatic rings. The smallest absolute Gasteiger partial charge is 0.266 e. The predicted octanol–water partition coefficient (Wildman–Crippen LogP) is 8.38. The van der Waals surface area contributed by atoms with Gasteiger partial charge in [0.1, 0.15) is 0 Å². The lowest BCUT2D eigenvalue weighted by molar-refractivity contribution is 0.0328. The Hall–Kier alpha value is -8.78. The minimum atomic E-state index is -0.778. The summed E-state index contributed by atoms with van der Waals surface area (Å²) in [5.41, 5.74) is 4.77. The van der Waals surface area contributed by atoms with Crippen molar-refractivity contribution in [2.75, 3.05) is 16.8 Å². The number of carbonyl (C=O) groups is 10. The Labute approximate surface area is 406 Å². The molecule has 11 rings (SSSR count). The summed E-state index contributed by atoms with van der Waals surface area (Å²) < 4.78 is 0.